The van der Waals surface area contributed by atoms with Crippen LogP contribution in [0.3, 0.4) is 0 Å². The van der Waals surface area contributed by atoms with E-state index in [1.54, 1.807) is 12.1 Å². The number of hydrogen-bond acceptors (Lipinski definition) is 6. The fourth-order valence-electron chi connectivity index (χ4n) is 2.39. The van der Waals surface area contributed by atoms with E-state index < -0.39 is 11.8 Å². The van der Waals surface area contributed by atoms with Crippen molar-refractivity contribution >= 4 is 46.5 Å². The predicted octanol–water partition coefficient (Wildman–Crippen LogP) is 2.88. The Kier molecular flexibility index (Phi) is 6.25. The van der Waals surface area contributed by atoms with E-state index in [-0.39, 0.29) is 34.3 Å². The van der Waals surface area contributed by atoms with Crippen molar-refractivity contribution in [2.45, 2.75) is 4.34 Å². The lowest BCUT2D eigenvalue weighted by Gasteiger charge is -2.08. The van der Waals surface area contributed by atoms with Gasteiger partial charge in [0.25, 0.3) is 0 Å². The molecule has 0 bridgehead atoms. The molecule has 5 N–H and O–H groups in total. The van der Waals surface area contributed by atoms with Crippen molar-refractivity contribution in [3.05, 3.63) is 64.8 Å². The average molecular weight is 430 g/mol. The number of thiazole rings is 1. The zero-order chi connectivity index (χ0) is 21.0. The average Bonchev–Trinajstić information content (AvgIpc) is 3.15. The van der Waals surface area contributed by atoms with Gasteiger partial charge in [0.2, 0.25) is 17.7 Å². The summed E-state index contributed by atoms with van der Waals surface area (Å²) in [4.78, 5) is 39.4. The maximum atomic E-state index is 13.0. The van der Waals surface area contributed by atoms with Gasteiger partial charge >= 0.3 is 0 Å². The maximum Gasteiger partial charge on any atom is 0.248 e. The monoisotopic (exact) mass is 430 g/mol. The van der Waals surface area contributed by atoms with E-state index in [2.05, 4.69) is 10.3 Å². The molecule has 0 unspecified atom stereocenters. The maximum absolute atomic E-state index is 13.0. The van der Waals surface area contributed by atoms with E-state index in [1.165, 1.54) is 53.4 Å². The molecule has 0 fully saturated rings. The Balaban J connectivity index is 1.64. The molecule has 29 heavy (non-hydrogen) atoms. The van der Waals surface area contributed by atoms with Gasteiger partial charge in [0.05, 0.1) is 11.4 Å². The third-order valence-electron chi connectivity index (χ3n) is 3.74. The van der Waals surface area contributed by atoms with Crippen LogP contribution in [0, 0.1) is 5.82 Å². The summed E-state index contributed by atoms with van der Waals surface area (Å²) < 4.78 is 13.7. The summed E-state index contributed by atoms with van der Waals surface area (Å²) in [7, 11) is 0. The van der Waals surface area contributed by atoms with Crippen molar-refractivity contribution in [3.8, 4) is 11.3 Å². The van der Waals surface area contributed by atoms with Gasteiger partial charge in [-0.2, -0.15) is 0 Å². The molecule has 3 amide bonds. The van der Waals surface area contributed by atoms with Crippen LogP contribution < -0.4 is 16.8 Å². The number of halogens is 1. The summed E-state index contributed by atoms with van der Waals surface area (Å²) in [5, 5.41) is 4.43. The highest BCUT2D eigenvalue weighted by Crippen LogP contribution is 2.28. The van der Waals surface area contributed by atoms with Crippen LogP contribution in [0.5, 0.6) is 0 Å². The van der Waals surface area contributed by atoms with E-state index in [9.17, 15) is 18.8 Å². The zero-order valence-electron chi connectivity index (χ0n) is 14.8. The number of benzene rings is 2. The van der Waals surface area contributed by atoms with E-state index in [0.717, 1.165) is 5.56 Å². The normalized spacial score (nSPS) is 10.5. The smallest absolute Gasteiger partial charge is 0.248 e. The van der Waals surface area contributed by atoms with E-state index in [4.69, 9.17) is 11.5 Å². The fourth-order valence-corrected chi connectivity index (χ4v) is 4.02. The topological polar surface area (TPSA) is 128 Å². The number of primary amides is 2. The highest BCUT2D eigenvalue weighted by Gasteiger charge is 2.12. The molecule has 148 valence electrons. The Hall–Kier alpha value is -3.24. The van der Waals surface area contributed by atoms with Crippen LogP contribution in [0.25, 0.3) is 11.3 Å². The molecule has 3 aromatic rings. The van der Waals surface area contributed by atoms with Gasteiger partial charge in [-0.15, -0.1) is 11.3 Å². The zero-order valence-corrected chi connectivity index (χ0v) is 16.5. The Morgan fingerprint density at radius 3 is 2.24 bits per heavy atom. The minimum Gasteiger partial charge on any atom is -0.366 e. The molecule has 0 aliphatic rings. The lowest BCUT2D eigenvalue weighted by molar-refractivity contribution is -0.113. The summed E-state index contributed by atoms with van der Waals surface area (Å²) in [6.07, 6.45) is 0. The van der Waals surface area contributed by atoms with Crippen LogP contribution in [0.1, 0.15) is 20.7 Å². The first-order valence-corrected chi connectivity index (χ1v) is 10.1. The summed E-state index contributed by atoms with van der Waals surface area (Å²) in [5.41, 5.74) is 12.3. The summed E-state index contributed by atoms with van der Waals surface area (Å²) in [6.45, 7) is 0. The van der Waals surface area contributed by atoms with Gasteiger partial charge in [-0.1, -0.05) is 11.8 Å². The van der Waals surface area contributed by atoms with Crippen LogP contribution in [0.15, 0.2) is 52.2 Å². The first-order chi connectivity index (χ1) is 13.8. The number of anilines is 1. The van der Waals surface area contributed by atoms with E-state index >= 15 is 0 Å². The highest BCUT2D eigenvalue weighted by atomic mass is 32.2. The molecule has 0 radical (unpaired) electrons. The fraction of sp³-hybridized carbons (Fsp3) is 0.0526. The largest absolute Gasteiger partial charge is 0.366 e. The molecule has 7 nitrogen and oxygen atoms in total. The number of nitrogens with one attached hydrogen (secondary N) is 1. The lowest BCUT2D eigenvalue weighted by atomic mass is 10.1. The summed E-state index contributed by atoms with van der Waals surface area (Å²) in [6, 6.07) is 9.98. The Morgan fingerprint density at radius 1 is 1.03 bits per heavy atom. The second kappa shape index (κ2) is 8.84. The van der Waals surface area contributed by atoms with Crippen molar-refractivity contribution < 1.29 is 18.8 Å². The molecule has 10 heteroatoms. The van der Waals surface area contributed by atoms with E-state index in [1.807, 2.05) is 5.38 Å². The second-order valence-corrected chi connectivity index (χ2v) is 7.95. The number of nitrogens with two attached hydrogens (primary N) is 2. The van der Waals surface area contributed by atoms with Gasteiger partial charge in [0, 0.05) is 27.8 Å². The standard InChI is InChI=1S/C19H15FN4O3S2/c20-13-3-1-10(2-4-13)15-8-28-19(24-15)29-9-16(25)23-14-6-11(17(21)26)5-12(7-14)18(22)27/h1-8H,9H2,(H2,21,26)(H2,22,27)(H,23,25). The van der Waals surface area contributed by atoms with Gasteiger partial charge in [-0.05, 0) is 42.5 Å². The third-order valence-corrected chi connectivity index (χ3v) is 5.76. The Morgan fingerprint density at radius 2 is 1.66 bits per heavy atom. The summed E-state index contributed by atoms with van der Waals surface area (Å²) >= 11 is 2.59. The second-order valence-electron chi connectivity index (χ2n) is 5.87. The van der Waals surface area contributed by atoms with Crippen molar-refractivity contribution in [2.75, 3.05) is 11.1 Å². The van der Waals surface area contributed by atoms with Crippen LogP contribution in [-0.2, 0) is 4.79 Å². The summed E-state index contributed by atoms with van der Waals surface area (Å²) in [5.74, 6) is -2.10. The number of thioether (sulfide) groups is 1. The number of hydrogen-bond donors (Lipinski definition) is 3. The van der Waals surface area contributed by atoms with Gasteiger partial charge < -0.3 is 16.8 Å². The van der Waals surface area contributed by atoms with Crippen molar-refractivity contribution in [3.63, 3.8) is 0 Å². The molecule has 0 aliphatic heterocycles. The van der Waals surface area contributed by atoms with Gasteiger partial charge in [0.1, 0.15) is 5.82 Å². The Labute approximate surface area is 173 Å². The number of aromatic nitrogens is 1. The quantitative estimate of drug-likeness (QED) is 0.497. The number of carbonyl (C=O) groups excluding carboxylic acids is 3. The minimum atomic E-state index is -0.742. The molecular weight excluding hydrogens is 415 g/mol. The van der Waals surface area contributed by atoms with Gasteiger partial charge in [-0.25, -0.2) is 9.37 Å². The van der Waals surface area contributed by atoms with E-state index in [0.29, 0.717) is 10.0 Å². The third kappa shape index (κ3) is 5.39. The van der Waals surface area contributed by atoms with Crippen molar-refractivity contribution in [2.24, 2.45) is 11.5 Å². The molecular formula is C19H15FN4O3S2. The number of amides is 3. The number of rotatable bonds is 7. The SMILES string of the molecule is NC(=O)c1cc(NC(=O)CSc2nc(-c3ccc(F)cc3)cs2)cc(C(N)=O)c1. The molecule has 3 rings (SSSR count). The molecule has 0 atom stereocenters. The van der Waals surface area contributed by atoms with Crippen LogP contribution in [0.4, 0.5) is 10.1 Å². The molecule has 2 aromatic carbocycles. The molecule has 0 spiro atoms. The van der Waals surface area contributed by atoms with Gasteiger partial charge in [0.15, 0.2) is 4.34 Å². The first kappa shape index (κ1) is 20.5. The molecule has 0 aliphatic carbocycles. The minimum absolute atomic E-state index is 0.0586. The molecule has 1 heterocycles. The van der Waals surface area contributed by atoms with Crippen molar-refractivity contribution in [1.82, 2.24) is 4.98 Å². The van der Waals surface area contributed by atoms with Gasteiger partial charge in [-0.3, -0.25) is 14.4 Å². The lowest BCUT2D eigenvalue weighted by Crippen LogP contribution is -2.18. The van der Waals surface area contributed by atoms with Crippen molar-refractivity contribution in [1.29, 1.82) is 0 Å². The predicted molar refractivity (Wildman–Crippen MR) is 110 cm³/mol. The molecule has 1 aromatic heterocycles. The number of nitrogens with zero attached hydrogens (tertiary/aromatic N) is 1. The van der Waals surface area contributed by atoms with Crippen LogP contribution >= 0.6 is 23.1 Å². The number of carbonyl (C=O) groups is 3. The first-order valence-electron chi connectivity index (χ1n) is 8.20. The van der Waals surface area contributed by atoms with Crippen LogP contribution in [0.2, 0.25) is 0 Å². The van der Waals surface area contributed by atoms with Crippen LogP contribution in [-0.4, -0.2) is 28.5 Å². The molecule has 0 saturated carbocycles. The Bertz CT molecular complexity index is 1050. The highest BCUT2D eigenvalue weighted by molar-refractivity contribution is 8.01. The molecule has 0 saturated heterocycles.